The number of piperidine rings is 1. The molecule has 0 aromatic rings. The molecule has 2 fully saturated rings. The fraction of sp³-hybridized carbons (Fsp3) is 0.917. The predicted molar refractivity (Wildman–Crippen MR) is 60.0 cm³/mol. The van der Waals surface area contributed by atoms with Crippen molar-refractivity contribution in [2.24, 2.45) is 0 Å². The largest absolute Gasteiger partial charge is 0.393 e. The summed E-state index contributed by atoms with van der Waals surface area (Å²) in [4.78, 5) is 13.7. The number of aliphatic hydroxyl groups excluding tert-OH is 1. The molecule has 0 aromatic carbocycles. The highest BCUT2D eigenvalue weighted by atomic mass is 16.5. The van der Waals surface area contributed by atoms with Crippen LogP contribution in [0.5, 0.6) is 0 Å². The first-order valence-corrected chi connectivity index (χ1v) is 6.33. The van der Waals surface area contributed by atoms with Crippen molar-refractivity contribution in [3.63, 3.8) is 0 Å². The van der Waals surface area contributed by atoms with Crippen molar-refractivity contribution >= 4 is 5.91 Å². The molecule has 2 aliphatic rings. The summed E-state index contributed by atoms with van der Waals surface area (Å²) in [5.74, 6) is 0.224. The fourth-order valence-electron chi connectivity index (χ4n) is 2.43. The molecule has 0 aromatic heterocycles. The van der Waals surface area contributed by atoms with Gasteiger partial charge in [0.2, 0.25) is 5.91 Å². The summed E-state index contributed by atoms with van der Waals surface area (Å²) in [5, 5.41) is 9.35. The highest BCUT2D eigenvalue weighted by Crippen LogP contribution is 2.18. The number of hydrogen-bond donors (Lipinski definition) is 1. The minimum atomic E-state index is -0.206. The Morgan fingerprint density at radius 2 is 2.06 bits per heavy atom. The molecule has 16 heavy (non-hydrogen) atoms. The average Bonchev–Trinajstić information content (AvgIpc) is 2.80. The van der Waals surface area contributed by atoms with Crippen molar-refractivity contribution in [2.45, 2.75) is 50.7 Å². The molecule has 2 heterocycles. The summed E-state index contributed by atoms with van der Waals surface area (Å²) in [6.07, 6.45) is 5.25. The van der Waals surface area contributed by atoms with Crippen molar-refractivity contribution in [3.8, 4) is 0 Å². The second kappa shape index (κ2) is 5.64. The highest BCUT2D eigenvalue weighted by Gasteiger charge is 2.23. The second-order valence-corrected chi connectivity index (χ2v) is 4.79. The Morgan fingerprint density at radius 1 is 1.31 bits per heavy atom. The van der Waals surface area contributed by atoms with Gasteiger partial charge in [0, 0.05) is 26.1 Å². The van der Waals surface area contributed by atoms with Gasteiger partial charge in [-0.3, -0.25) is 4.79 Å². The van der Waals surface area contributed by atoms with Crippen LogP contribution in [0.15, 0.2) is 0 Å². The van der Waals surface area contributed by atoms with E-state index in [4.69, 9.17) is 4.74 Å². The zero-order valence-electron chi connectivity index (χ0n) is 9.73. The molecule has 1 unspecified atom stereocenters. The first-order chi connectivity index (χ1) is 7.75. The molecular formula is C12H21NO3. The van der Waals surface area contributed by atoms with E-state index in [1.165, 1.54) is 0 Å². The average molecular weight is 227 g/mol. The van der Waals surface area contributed by atoms with E-state index in [2.05, 4.69) is 0 Å². The molecular weight excluding hydrogens is 206 g/mol. The van der Waals surface area contributed by atoms with E-state index in [-0.39, 0.29) is 12.0 Å². The van der Waals surface area contributed by atoms with Crippen LogP contribution in [0.25, 0.3) is 0 Å². The van der Waals surface area contributed by atoms with Crippen LogP contribution < -0.4 is 0 Å². The monoisotopic (exact) mass is 227 g/mol. The summed E-state index contributed by atoms with van der Waals surface area (Å²) < 4.78 is 5.50. The minimum Gasteiger partial charge on any atom is -0.393 e. The molecule has 0 spiro atoms. The topological polar surface area (TPSA) is 49.8 Å². The maximum Gasteiger partial charge on any atom is 0.222 e. The standard InChI is InChI=1S/C12H21NO3/c14-10-5-7-13(8-6-10)12(15)4-3-11-2-1-9-16-11/h10-11,14H,1-9H2. The van der Waals surface area contributed by atoms with E-state index >= 15 is 0 Å². The summed E-state index contributed by atoms with van der Waals surface area (Å²) in [6.45, 7) is 2.28. The van der Waals surface area contributed by atoms with E-state index < -0.39 is 0 Å². The Morgan fingerprint density at radius 3 is 2.69 bits per heavy atom. The van der Waals surface area contributed by atoms with E-state index in [1.807, 2.05) is 4.90 Å². The molecule has 4 nitrogen and oxygen atoms in total. The highest BCUT2D eigenvalue weighted by molar-refractivity contribution is 5.76. The van der Waals surface area contributed by atoms with Crippen molar-refractivity contribution in [1.82, 2.24) is 4.90 Å². The Bertz CT molecular complexity index is 230. The van der Waals surface area contributed by atoms with Crippen molar-refractivity contribution in [2.75, 3.05) is 19.7 Å². The SMILES string of the molecule is O=C(CCC1CCCO1)N1CCC(O)CC1. The molecule has 2 saturated heterocycles. The van der Waals surface area contributed by atoms with Gasteiger partial charge in [-0.05, 0) is 32.1 Å². The summed E-state index contributed by atoms with van der Waals surface area (Å²) >= 11 is 0. The van der Waals surface area contributed by atoms with Gasteiger partial charge in [-0.15, -0.1) is 0 Å². The molecule has 1 N–H and O–H groups in total. The van der Waals surface area contributed by atoms with Gasteiger partial charge in [0.15, 0.2) is 0 Å². The van der Waals surface area contributed by atoms with Crippen LogP contribution >= 0.6 is 0 Å². The Kier molecular flexibility index (Phi) is 4.18. The van der Waals surface area contributed by atoms with Crippen molar-refractivity contribution in [3.05, 3.63) is 0 Å². The van der Waals surface area contributed by atoms with Gasteiger partial charge in [-0.25, -0.2) is 0 Å². The van der Waals surface area contributed by atoms with Gasteiger partial charge in [0.05, 0.1) is 12.2 Å². The molecule has 0 radical (unpaired) electrons. The predicted octanol–water partition coefficient (Wildman–Crippen LogP) is 0.929. The number of carbonyl (C=O) groups is 1. The zero-order valence-corrected chi connectivity index (χ0v) is 9.73. The lowest BCUT2D eigenvalue weighted by atomic mass is 10.1. The normalized spacial score (nSPS) is 27.3. The summed E-state index contributed by atoms with van der Waals surface area (Å²) in [6, 6.07) is 0. The van der Waals surface area contributed by atoms with E-state index in [1.54, 1.807) is 0 Å². The minimum absolute atomic E-state index is 0.206. The molecule has 4 heteroatoms. The smallest absolute Gasteiger partial charge is 0.222 e. The van der Waals surface area contributed by atoms with Crippen LogP contribution in [0.2, 0.25) is 0 Å². The lowest BCUT2D eigenvalue weighted by molar-refractivity contribution is -0.133. The number of ether oxygens (including phenoxy) is 1. The maximum absolute atomic E-state index is 11.9. The van der Waals surface area contributed by atoms with Crippen LogP contribution in [0.1, 0.15) is 38.5 Å². The third-order valence-corrected chi connectivity index (χ3v) is 3.52. The Labute approximate surface area is 96.6 Å². The van der Waals surface area contributed by atoms with Gasteiger partial charge in [-0.2, -0.15) is 0 Å². The van der Waals surface area contributed by atoms with Gasteiger partial charge >= 0.3 is 0 Å². The number of hydrogen-bond acceptors (Lipinski definition) is 3. The fourth-order valence-corrected chi connectivity index (χ4v) is 2.43. The first kappa shape index (κ1) is 11.9. The quantitative estimate of drug-likeness (QED) is 0.780. The second-order valence-electron chi connectivity index (χ2n) is 4.79. The Hall–Kier alpha value is -0.610. The molecule has 0 saturated carbocycles. The molecule has 1 atom stereocenters. The van der Waals surface area contributed by atoms with Crippen LogP contribution in [0.4, 0.5) is 0 Å². The number of rotatable bonds is 3. The number of aliphatic hydroxyl groups is 1. The number of likely N-dealkylation sites (tertiary alicyclic amines) is 1. The summed E-state index contributed by atoms with van der Waals surface area (Å²) in [5.41, 5.74) is 0. The number of amides is 1. The first-order valence-electron chi connectivity index (χ1n) is 6.33. The molecule has 92 valence electrons. The summed E-state index contributed by atoms with van der Waals surface area (Å²) in [7, 11) is 0. The van der Waals surface area contributed by atoms with Crippen LogP contribution in [-0.2, 0) is 9.53 Å². The molecule has 2 rings (SSSR count). The lowest BCUT2D eigenvalue weighted by Gasteiger charge is -2.29. The van der Waals surface area contributed by atoms with Crippen LogP contribution in [-0.4, -0.2) is 47.8 Å². The molecule has 0 aliphatic carbocycles. The van der Waals surface area contributed by atoms with Crippen molar-refractivity contribution in [1.29, 1.82) is 0 Å². The lowest BCUT2D eigenvalue weighted by Crippen LogP contribution is -2.40. The number of carbonyl (C=O) groups excluding carboxylic acids is 1. The Balaban J connectivity index is 1.67. The third-order valence-electron chi connectivity index (χ3n) is 3.52. The van der Waals surface area contributed by atoms with Gasteiger partial charge in [0.25, 0.3) is 0 Å². The van der Waals surface area contributed by atoms with Gasteiger partial charge < -0.3 is 14.7 Å². The van der Waals surface area contributed by atoms with Crippen LogP contribution in [0, 0.1) is 0 Å². The number of nitrogens with zero attached hydrogens (tertiary/aromatic N) is 1. The van der Waals surface area contributed by atoms with E-state index in [0.717, 1.165) is 38.7 Å². The van der Waals surface area contributed by atoms with Crippen molar-refractivity contribution < 1.29 is 14.6 Å². The van der Waals surface area contributed by atoms with E-state index in [0.29, 0.717) is 25.6 Å². The zero-order chi connectivity index (χ0) is 11.4. The van der Waals surface area contributed by atoms with E-state index in [9.17, 15) is 9.90 Å². The molecule has 0 bridgehead atoms. The maximum atomic E-state index is 11.9. The van der Waals surface area contributed by atoms with Gasteiger partial charge in [0.1, 0.15) is 0 Å². The molecule has 2 aliphatic heterocycles. The van der Waals surface area contributed by atoms with Gasteiger partial charge in [-0.1, -0.05) is 0 Å². The third kappa shape index (κ3) is 3.19. The van der Waals surface area contributed by atoms with Crippen LogP contribution in [0.3, 0.4) is 0 Å². The molecule has 1 amide bonds.